The number of rotatable bonds is 3. The molecule has 106 valence electrons. The van der Waals surface area contributed by atoms with E-state index in [0.29, 0.717) is 16.2 Å². The third kappa shape index (κ3) is 2.69. The van der Waals surface area contributed by atoms with Gasteiger partial charge in [-0.25, -0.2) is 15.0 Å². The van der Waals surface area contributed by atoms with E-state index in [0.717, 1.165) is 14.9 Å². The van der Waals surface area contributed by atoms with Crippen molar-refractivity contribution in [2.24, 2.45) is 10.9 Å². The highest BCUT2D eigenvalue weighted by molar-refractivity contribution is 9.10. The lowest BCUT2D eigenvalue weighted by Crippen LogP contribution is -2.14. The lowest BCUT2D eigenvalue weighted by molar-refractivity contribution is 0.318. The second-order valence-corrected chi connectivity index (χ2v) is 5.95. The Kier molecular flexibility index (Phi) is 3.76. The van der Waals surface area contributed by atoms with E-state index in [9.17, 15) is 0 Å². The zero-order chi connectivity index (χ0) is 14.8. The van der Waals surface area contributed by atoms with Gasteiger partial charge in [0.2, 0.25) is 0 Å². The van der Waals surface area contributed by atoms with Gasteiger partial charge in [-0.3, -0.25) is 0 Å². The van der Waals surface area contributed by atoms with Crippen LogP contribution in [0.2, 0.25) is 0 Å². The fourth-order valence-electron chi connectivity index (χ4n) is 1.77. The third-order valence-corrected chi connectivity index (χ3v) is 4.29. The Labute approximate surface area is 131 Å². The molecule has 0 atom stereocenters. The Bertz CT molecular complexity index is 833. The van der Waals surface area contributed by atoms with Gasteiger partial charge >= 0.3 is 0 Å². The molecule has 0 saturated heterocycles. The summed E-state index contributed by atoms with van der Waals surface area (Å²) in [7, 11) is 0. The Morgan fingerprint density at radius 2 is 2.19 bits per heavy atom. The highest BCUT2D eigenvalue weighted by Gasteiger charge is 2.13. The first-order valence-corrected chi connectivity index (χ1v) is 7.39. The fraction of sp³-hybridized carbons (Fsp3) is 0. The van der Waals surface area contributed by atoms with Crippen molar-refractivity contribution in [1.82, 2.24) is 19.9 Å². The van der Waals surface area contributed by atoms with Gasteiger partial charge in [0.25, 0.3) is 0 Å². The molecule has 0 saturated carbocycles. The van der Waals surface area contributed by atoms with Gasteiger partial charge in [0.05, 0.1) is 6.33 Å². The highest BCUT2D eigenvalue weighted by Crippen LogP contribution is 2.33. The Hall–Kier alpha value is -2.13. The predicted molar refractivity (Wildman–Crippen MR) is 82.5 cm³/mol. The molecule has 2 heterocycles. The summed E-state index contributed by atoms with van der Waals surface area (Å²) in [6.45, 7) is 0. The highest BCUT2D eigenvalue weighted by atomic mass is 79.9. The molecule has 21 heavy (non-hydrogen) atoms. The van der Waals surface area contributed by atoms with E-state index in [2.05, 4.69) is 41.0 Å². The number of hydrogen-bond donors (Lipinski definition) is 3. The second-order valence-electron chi connectivity index (χ2n) is 4.01. The minimum Gasteiger partial charge on any atom is -0.409 e. The second kappa shape index (κ2) is 5.70. The van der Waals surface area contributed by atoms with Crippen LogP contribution < -0.4 is 5.73 Å². The Morgan fingerprint density at radius 3 is 3.00 bits per heavy atom. The number of fused-ring (bicyclic) bond motifs is 1. The van der Waals surface area contributed by atoms with E-state index < -0.39 is 0 Å². The monoisotopic (exact) mass is 364 g/mol. The summed E-state index contributed by atoms with van der Waals surface area (Å²) in [5.41, 5.74) is 7.68. The van der Waals surface area contributed by atoms with Crippen LogP contribution in [0.4, 0.5) is 0 Å². The van der Waals surface area contributed by atoms with E-state index in [1.54, 1.807) is 12.4 Å². The van der Waals surface area contributed by atoms with Crippen LogP contribution in [0.5, 0.6) is 0 Å². The van der Waals surface area contributed by atoms with E-state index in [1.165, 1.54) is 18.1 Å². The van der Waals surface area contributed by atoms with Gasteiger partial charge in [-0.15, -0.1) is 0 Å². The van der Waals surface area contributed by atoms with Crippen molar-refractivity contribution in [3.8, 4) is 0 Å². The topological polar surface area (TPSA) is 113 Å². The molecule has 0 spiro atoms. The lowest BCUT2D eigenvalue weighted by Gasteiger charge is -2.08. The molecule has 0 bridgehead atoms. The number of amidine groups is 1. The molecule has 1 aromatic carbocycles. The number of H-pyrrole nitrogens is 1. The zero-order valence-corrected chi connectivity index (χ0v) is 12.9. The van der Waals surface area contributed by atoms with Crippen LogP contribution in [-0.2, 0) is 0 Å². The number of aromatic nitrogens is 4. The number of nitrogens with one attached hydrogen (secondary N) is 1. The van der Waals surface area contributed by atoms with Crippen molar-refractivity contribution in [3.05, 3.63) is 40.9 Å². The molecule has 0 fully saturated rings. The average molecular weight is 365 g/mol. The molecule has 0 aliphatic rings. The number of nitrogens with zero attached hydrogens (tertiary/aromatic N) is 4. The van der Waals surface area contributed by atoms with Gasteiger partial charge < -0.3 is 15.9 Å². The molecule has 0 amide bonds. The van der Waals surface area contributed by atoms with Gasteiger partial charge in [-0.05, 0) is 18.2 Å². The van der Waals surface area contributed by atoms with E-state index >= 15 is 0 Å². The van der Waals surface area contributed by atoms with Gasteiger partial charge in [-0.1, -0.05) is 32.8 Å². The maximum absolute atomic E-state index is 8.90. The molecule has 0 aliphatic heterocycles. The van der Waals surface area contributed by atoms with Gasteiger partial charge in [0.1, 0.15) is 16.9 Å². The van der Waals surface area contributed by atoms with Gasteiger partial charge in [-0.2, -0.15) is 0 Å². The van der Waals surface area contributed by atoms with Crippen LogP contribution in [-0.4, -0.2) is 31.0 Å². The molecule has 3 rings (SSSR count). The quantitative estimate of drug-likeness (QED) is 0.216. The third-order valence-electron chi connectivity index (χ3n) is 2.72. The molecular weight excluding hydrogens is 356 g/mol. The minimum atomic E-state index is 0.0358. The summed E-state index contributed by atoms with van der Waals surface area (Å²) in [5.74, 6) is 0.0358. The summed E-state index contributed by atoms with van der Waals surface area (Å²) in [6.07, 6.45) is 3.02. The lowest BCUT2D eigenvalue weighted by atomic mass is 10.2. The van der Waals surface area contributed by atoms with Crippen LogP contribution >= 0.6 is 27.7 Å². The molecule has 0 unspecified atom stereocenters. The summed E-state index contributed by atoms with van der Waals surface area (Å²) in [6, 6.07) is 5.52. The molecule has 3 aromatic rings. The molecule has 0 radical (unpaired) electrons. The zero-order valence-electron chi connectivity index (χ0n) is 10.5. The molecule has 9 heteroatoms. The Morgan fingerprint density at radius 1 is 1.33 bits per heavy atom. The van der Waals surface area contributed by atoms with Crippen molar-refractivity contribution < 1.29 is 5.21 Å². The van der Waals surface area contributed by atoms with Crippen molar-refractivity contribution in [2.75, 3.05) is 0 Å². The molecule has 2 aromatic heterocycles. The number of oxime groups is 1. The van der Waals surface area contributed by atoms with Crippen LogP contribution in [0.15, 0.2) is 50.4 Å². The molecule has 4 N–H and O–H groups in total. The SMILES string of the molecule is N/C(=N/O)c1cc(Br)ccc1Sc1ncnc2nc[nH]c12. The first-order valence-electron chi connectivity index (χ1n) is 5.78. The molecular formula is C12H9BrN6OS. The van der Waals surface area contributed by atoms with Crippen LogP contribution in [0, 0.1) is 0 Å². The first-order chi connectivity index (χ1) is 10.2. The summed E-state index contributed by atoms with van der Waals surface area (Å²) >= 11 is 4.76. The summed E-state index contributed by atoms with van der Waals surface area (Å²) < 4.78 is 0.836. The van der Waals surface area contributed by atoms with Gasteiger partial charge in [0, 0.05) is 14.9 Å². The van der Waals surface area contributed by atoms with Crippen molar-refractivity contribution in [3.63, 3.8) is 0 Å². The number of halogens is 1. The summed E-state index contributed by atoms with van der Waals surface area (Å²) in [4.78, 5) is 16.2. The number of hydrogen-bond acceptors (Lipinski definition) is 6. The molecule has 7 nitrogen and oxygen atoms in total. The number of aromatic amines is 1. The van der Waals surface area contributed by atoms with Crippen LogP contribution in [0.3, 0.4) is 0 Å². The smallest absolute Gasteiger partial charge is 0.181 e. The summed E-state index contributed by atoms with van der Waals surface area (Å²) in [5, 5.41) is 12.7. The van der Waals surface area contributed by atoms with Crippen molar-refractivity contribution in [1.29, 1.82) is 0 Å². The maximum Gasteiger partial charge on any atom is 0.181 e. The largest absolute Gasteiger partial charge is 0.409 e. The van der Waals surface area contributed by atoms with Crippen LogP contribution in [0.1, 0.15) is 5.56 Å². The predicted octanol–water partition coefficient (Wildman–Crippen LogP) is 2.36. The standard InChI is InChI=1S/C12H9BrN6OS/c13-6-1-2-8(7(3-6)10(14)19-20)21-12-9-11(16-4-15-9)17-5-18-12/h1-5,20H,(H2,14,19)(H,15,16,17,18). The normalized spacial score (nSPS) is 12.0. The average Bonchev–Trinajstić information content (AvgIpc) is 2.97. The van der Waals surface area contributed by atoms with E-state index in [1.807, 2.05) is 12.1 Å². The van der Waals surface area contributed by atoms with Gasteiger partial charge in [0.15, 0.2) is 11.5 Å². The maximum atomic E-state index is 8.90. The number of imidazole rings is 1. The van der Waals surface area contributed by atoms with Crippen molar-refractivity contribution >= 4 is 44.7 Å². The van der Waals surface area contributed by atoms with E-state index in [-0.39, 0.29) is 5.84 Å². The minimum absolute atomic E-state index is 0.0358. The fourth-order valence-corrected chi connectivity index (χ4v) is 3.10. The number of nitrogens with two attached hydrogens (primary N) is 1. The number of benzene rings is 1. The van der Waals surface area contributed by atoms with Crippen molar-refractivity contribution in [2.45, 2.75) is 9.92 Å². The van der Waals surface area contributed by atoms with Crippen LogP contribution in [0.25, 0.3) is 11.2 Å². The first kappa shape index (κ1) is 13.8. The Balaban J connectivity index is 2.08. The molecule has 0 aliphatic carbocycles. The van der Waals surface area contributed by atoms with E-state index in [4.69, 9.17) is 10.9 Å².